The topological polar surface area (TPSA) is 55.1 Å². The van der Waals surface area contributed by atoms with Gasteiger partial charge >= 0.3 is 0 Å². The summed E-state index contributed by atoms with van der Waals surface area (Å²) in [6.07, 6.45) is 3.83. The van der Waals surface area contributed by atoms with Gasteiger partial charge in [0.05, 0.1) is 0 Å². The van der Waals surface area contributed by atoms with Crippen LogP contribution in [0.1, 0.15) is 53.4 Å². The average molecular weight is 214 g/mol. The SMILES string of the molecule is CCCCC(C)NC(=O)CC(N)C(C)C. The molecule has 0 aliphatic rings. The van der Waals surface area contributed by atoms with E-state index in [1.165, 1.54) is 6.42 Å². The van der Waals surface area contributed by atoms with Crippen molar-refractivity contribution in [2.45, 2.75) is 65.5 Å². The molecule has 2 atom stereocenters. The Bertz CT molecular complexity index is 180. The summed E-state index contributed by atoms with van der Waals surface area (Å²) in [6, 6.07) is 0.250. The molecule has 0 aliphatic carbocycles. The highest BCUT2D eigenvalue weighted by Gasteiger charge is 2.14. The number of carbonyl (C=O) groups excluding carboxylic acids is 1. The quantitative estimate of drug-likeness (QED) is 0.681. The number of nitrogens with one attached hydrogen (secondary N) is 1. The molecule has 0 aromatic heterocycles. The van der Waals surface area contributed by atoms with Gasteiger partial charge in [-0.3, -0.25) is 4.79 Å². The molecule has 0 spiro atoms. The van der Waals surface area contributed by atoms with Crippen LogP contribution in [0.15, 0.2) is 0 Å². The zero-order chi connectivity index (χ0) is 11.8. The van der Waals surface area contributed by atoms with Crippen LogP contribution in [-0.2, 0) is 4.79 Å². The largest absolute Gasteiger partial charge is 0.354 e. The first kappa shape index (κ1) is 14.4. The van der Waals surface area contributed by atoms with Crippen LogP contribution in [0.25, 0.3) is 0 Å². The number of nitrogens with two attached hydrogens (primary N) is 1. The third kappa shape index (κ3) is 7.37. The monoisotopic (exact) mass is 214 g/mol. The summed E-state index contributed by atoms with van der Waals surface area (Å²) in [5.41, 5.74) is 5.83. The third-order valence-electron chi connectivity index (χ3n) is 2.68. The van der Waals surface area contributed by atoms with E-state index < -0.39 is 0 Å². The van der Waals surface area contributed by atoms with Crippen LogP contribution in [0.5, 0.6) is 0 Å². The van der Waals surface area contributed by atoms with Crippen molar-refractivity contribution in [3.63, 3.8) is 0 Å². The van der Waals surface area contributed by atoms with Gasteiger partial charge in [-0.25, -0.2) is 0 Å². The lowest BCUT2D eigenvalue weighted by molar-refractivity contribution is -0.122. The van der Waals surface area contributed by atoms with Crippen molar-refractivity contribution in [2.24, 2.45) is 11.7 Å². The van der Waals surface area contributed by atoms with Gasteiger partial charge in [0.25, 0.3) is 0 Å². The average Bonchev–Trinajstić information content (AvgIpc) is 2.14. The van der Waals surface area contributed by atoms with Crippen LogP contribution >= 0.6 is 0 Å². The van der Waals surface area contributed by atoms with E-state index in [4.69, 9.17) is 5.73 Å². The first-order chi connectivity index (χ1) is 6.97. The van der Waals surface area contributed by atoms with Gasteiger partial charge in [-0.15, -0.1) is 0 Å². The van der Waals surface area contributed by atoms with E-state index in [9.17, 15) is 4.79 Å². The van der Waals surface area contributed by atoms with Crippen LogP contribution in [0.2, 0.25) is 0 Å². The maximum absolute atomic E-state index is 11.5. The molecule has 90 valence electrons. The molecule has 3 N–H and O–H groups in total. The van der Waals surface area contributed by atoms with E-state index in [1.807, 2.05) is 13.8 Å². The molecule has 1 amide bonds. The predicted octanol–water partition coefficient (Wildman–Crippen LogP) is 2.05. The Labute approximate surface area is 93.8 Å². The molecule has 0 bridgehead atoms. The zero-order valence-electron chi connectivity index (χ0n) is 10.5. The van der Waals surface area contributed by atoms with Crippen molar-refractivity contribution in [2.75, 3.05) is 0 Å². The number of unbranched alkanes of at least 4 members (excludes halogenated alkanes) is 1. The van der Waals surface area contributed by atoms with Crippen molar-refractivity contribution >= 4 is 5.91 Å². The molecule has 2 unspecified atom stereocenters. The number of amides is 1. The van der Waals surface area contributed by atoms with Gasteiger partial charge in [-0.2, -0.15) is 0 Å². The third-order valence-corrected chi connectivity index (χ3v) is 2.68. The molecule has 0 saturated heterocycles. The Morgan fingerprint density at radius 2 is 1.93 bits per heavy atom. The molecule has 3 heteroatoms. The van der Waals surface area contributed by atoms with Crippen molar-refractivity contribution in [1.29, 1.82) is 0 Å². The molecule has 0 aliphatic heterocycles. The van der Waals surface area contributed by atoms with E-state index >= 15 is 0 Å². The summed E-state index contributed by atoms with van der Waals surface area (Å²) >= 11 is 0. The molecule has 0 radical (unpaired) electrons. The molecule has 3 nitrogen and oxygen atoms in total. The predicted molar refractivity (Wildman–Crippen MR) is 64.6 cm³/mol. The van der Waals surface area contributed by atoms with E-state index in [0.717, 1.165) is 12.8 Å². The van der Waals surface area contributed by atoms with Crippen molar-refractivity contribution in [1.82, 2.24) is 5.32 Å². The second-order valence-corrected chi connectivity index (χ2v) is 4.72. The van der Waals surface area contributed by atoms with Crippen LogP contribution in [-0.4, -0.2) is 18.0 Å². The maximum Gasteiger partial charge on any atom is 0.221 e. The van der Waals surface area contributed by atoms with Crippen molar-refractivity contribution in [3.8, 4) is 0 Å². The molecule has 15 heavy (non-hydrogen) atoms. The van der Waals surface area contributed by atoms with Gasteiger partial charge in [-0.05, 0) is 19.3 Å². The highest BCUT2D eigenvalue weighted by atomic mass is 16.1. The molecule has 0 fully saturated rings. The summed E-state index contributed by atoms with van der Waals surface area (Å²) in [7, 11) is 0. The number of carbonyl (C=O) groups is 1. The standard InChI is InChI=1S/C12H26N2O/c1-5-6-7-10(4)14-12(15)8-11(13)9(2)3/h9-11H,5-8,13H2,1-4H3,(H,14,15). The van der Waals surface area contributed by atoms with Crippen LogP contribution < -0.4 is 11.1 Å². The lowest BCUT2D eigenvalue weighted by Crippen LogP contribution is -2.38. The van der Waals surface area contributed by atoms with Crippen LogP contribution in [0.4, 0.5) is 0 Å². The number of hydrogen-bond acceptors (Lipinski definition) is 2. The first-order valence-electron chi connectivity index (χ1n) is 6.02. The summed E-state index contributed by atoms with van der Waals surface area (Å²) in [5, 5.41) is 2.98. The van der Waals surface area contributed by atoms with Gasteiger partial charge in [0.2, 0.25) is 5.91 Å². The van der Waals surface area contributed by atoms with Crippen LogP contribution in [0, 0.1) is 5.92 Å². The molecule has 0 aromatic carbocycles. The lowest BCUT2D eigenvalue weighted by Gasteiger charge is -2.18. The number of hydrogen-bond donors (Lipinski definition) is 2. The minimum atomic E-state index is -0.0247. The van der Waals surface area contributed by atoms with Crippen LogP contribution in [0.3, 0.4) is 0 Å². The van der Waals surface area contributed by atoms with E-state index in [-0.39, 0.29) is 18.0 Å². The molecule has 0 saturated carbocycles. The summed E-state index contributed by atoms with van der Waals surface area (Å²) in [4.78, 5) is 11.5. The minimum Gasteiger partial charge on any atom is -0.354 e. The van der Waals surface area contributed by atoms with Gasteiger partial charge in [-0.1, -0.05) is 33.6 Å². The molecule has 0 rings (SSSR count). The Morgan fingerprint density at radius 1 is 1.33 bits per heavy atom. The second-order valence-electron chi connectivity index (χ2n) is 4.72. The molecule has 0 aromatic rings. The first-order valence-corrected chi connectivity index (χ1v) is 6.02. The maximum atomic E-state index is 11.5. The Balaban J connectivity index is 3.73. The minimum absolute atomic E-state index is 0.0247. The fourth-order valence-electron chi connectivity index (χ4n) is 1.37. The summed E-state index contributed by atoms with van der Waals surface area (Å²) in [5.74, 6) is 0.446. The Morgan fingerprint density at radius 3 is 2.40 bits per heavy atom. The van der Waals surface area contributed by atoms with Gasteiger partial charge in [0.15, 0.2) is 0 Å². The highest BCUT2D eigenvalue weighted by molar-refractivity contribution is 5.76. The smallest absolute Gasteiger partial charge is 0.221 e. The Hall–Kier alpha value is -0.570. The highest BCUT2D eigenvalue weighted by Crippen LogP contribution is 2.04. The van der Waals surface area contributed by atoms with Crippen molar-refractivity contribution < 1.29 is 4.79 Å². The van der Waals surface area contributed by atoms with Crippen molar-refractivity contribution in [3.05, 3.63) is 0 Å². The summed E-state index contributed by atoms with van der Waals surface area (Å²) < 4.78 is 0. The molecular weight excluding hydrogens is 188 g/mol. The summed E-state index contributed by atoms with van der Waals surface area (Å²) in [6.45, 7) is 8.29. The van der Waals surface area contributed by atoms with Gasteiger partial charge in [0.1, 0.15) is 0 Å². The van der Waals surface area contributed by atoms with E-state index in [2.05, 4.69) is 19.2 Å². The molecule has 0 heterocycles. The fraction of sp³-hybridized carbons (Fsp3) is 0.917. The van der Waals surface area contributed by atoms with Gasteiger partial charge in [0, 0.05) is 18.5 Å². The normalized spacial score (nSPS) is 15.1. The molecular formula is C12H26N2O. The second kappa shape index (κ2) is 7.69. The number of rotatable bonds is 7. The zero-order valence-corrected chi connectivity index (χ0v) is 10.5. The van der Waals surface area contributed by atoms with E-state index in [1.54, 1.807) is 0 Å². The fourth-order valence-corrected chi connectivity index (χ4v) is 1.37. The van der Waals surface area contributed by atoms with E-state index in [0.29, 0.717) is 12.3 Å². The lowest BCUT2D eigenvalue weighted by atomic mass is 10.0. The Kier molecular flexibility index (Phi) is 7.39. The van der Waals surface area contributed by atoms with Gasteiger partial charge < -0.3 is 11.1 Å².